The summed E-state index contributed by atoms with van der Waals surface area (Å²) in [7, 11) is 1.55. The van der Waals surface area contributed by atoms with Crippen molar-refractivity contribution in [1.29, 1.82) is 0 Å². The molecule has 1 heterocycles. The van der Waals surface area contributed by atoms with Crippen molar-refractivity contribution in [3.05, 3.63) is 64.1 Å². The third-order valence-corrected chi connectivity index (χ3v) is 6.18. The second-order valence-corrected chi connectivity index (χ2v) is 8.24. The van der Waals surface area contributed by atoms with Gasteiger partial charge in [-0.15, -0.1) is 0 Å². The number of hydrogen-bond donors (Lipinski definition) is 3. The number of methoxy groups -OCH3 is 1. The summed E-state index contributed by atoms with van der Waals surface area (Å²) in [6.45, 7) is 5.82. The highest BCUT2D eigenvalue weighted by Crippen LogP contribution is 2.57. The minimum atomic E-state index is -1.55. The van der Waals surface area contributed by atoms with Gasteiger partial charge in [-0.2, -0.15) is 0 Å². The van der Waals surface area contributed by atoms with Crippen LogP contribution in [-0.2, 0) is 15.0 Å². The van der Waals surface area contributed by atoms with Crippen molar-refractivity contribution in [3.8, 4) is 23.0 Å². The highest BCUT2D eigenvalue weighted by atomic mass is 16.5. The summed E-state index contributed by atoms with van der Waals surface area (Å²) in [6.07, 6.45) is 1.19. The number of allylic oxidation sites excluding steroid dienone is 4. The number of ether oxygens (including phenoxy) is 2. The van der Waals surface area contributed by atoms with E-state index in [1.54, 1.807) is 38.3 Å². The first-order valence-electron chi connectivity index (χ1n) is 10.2. The van der Waals surface area contributed by atoms with E-state index in [9.17, 15) is 24.6 Å². The Labute approximate surface area is 190 Å². The molecule has 0 radical (unpaired) electrons. The van der Waals surface area contributed by atoms with Gasteiger partial charge in [0.15, 0.2) is 17.3 Å². The van der Waals surface area contributed by atoms with Crippen LogP contribution in [0.1, 0.15) is 42.3 Å². The van der Waals surface area contributed by atoms with E-state index >= 15 is 0 Å². The molecule has 1 atom stereocenters. The van der Waals surface area contributed by atoms with Gasteiger partial charge in [0.05, 0.1) is 18.2 Å². The number of phenols is 2. The van der Waals surface area contributed by atoms with Gasteiger partial charge >= 0.3 is 0 Å². The molecule has 8 nitrogen and oxygen atoms in total. The fourth-order valence-corrected chi connectivity index (χ4v) is 4.32. The molecule has 0 unspecified atom stereocenters. The molecule has 2 aliphatic rings. The minimum absolute atomic E-state index is 0.00343. The number of rotatable bonds is 4. The van der Waals surface area contributed by atoms with Crippen molar-refractivity contribution in [2.75, 3.05) is 12.4 Å². The normalized spacial score (nSPS) is 20.5. The summed E-state index contributed by atoms with van der Waals surface area (Å²) < 4.78 is 10.9. The Morgan fingerprint density at radius 1 is 1.09 bits per heavy atom. The van der Waals surface area contributed by atoms with Gasteiger partial charge in [0.1, 0.15) is 39.7 Å². The lowest BCUT2D eigenvalue weighted by Gasteiger charge is -2.29. The first-order valence-corrected chi connectivity index (χ1v) is 10.2. The molecule has 0 saturated carbocycles. The smallest absolute Gasteiger partial charge is 0.194 e. The molecule has 3 N–H and O–H groups in total. The molecule has 0 spiro atoms. The fraction of sp³-hybridized carbons (Fsp3) is 0.240. The van der Waals surface area contributed by atoms with Crippen molar-refractivity contribution in [3.63, 3.8) is 0 Å². The van der Waals surface area contributed by atoms with E-state index in [1.807, 2.05) is 0 Å². The first-order chi connectivity index (χ1) is 15.5. The molecule has 0 saturated heterocycles. The summed E-state index contributed by atoms with van der Waals surface area (Å²) in [5.74, 6) is -1.89. The Balaban J connectivity index is 1.87. The number of nitrogens with one attached hydrogen (secondary N) is 1. The molecule has 0 bridgehead atoms. The number of carbonyl (C=O) groups is 3. The number of fused-ring (bicyclic) bond motifs is 3. The van der Waals surface area contributed by atoms with Crippen molar-refractivity contribution in [2.45, 2.75) is 33.1 Å². The Bertz CT molecular complexity index is 1300. The van der Waals surface area contributed by atoms with Crippen LogP contribution in [0.15, 0.2) is 47.4 Å². The molecule has 170 valence electrons. The second kappa shape index (κ2) is 7.51. The van der Waals surface area contributed by atoms with Gasteiger partial charge in [-0.3, -0.25) is 14.4 Å². The summed E-state index contributed by atoms with van der Waals surface area (Å²) in [6, 6.07) is 6.97. The highest BCUT2D eigenvalue weighted by molar-refractivity contribution is 6.31. The summed E-state index contributed by atoms with van der Waals surface area (Å²) in [5.41, 5.74) is -0.712. The van der Waals surface area contributed by atoms with Gasteiger partial charge in [-0.1, -0.05) is 0 Å². The van der Waals surface area contributed by atoms with Crippen LogP contribution in [0.2, 0.25) is 0 Å². The summed E-state index contributed by atoms with van der Waals surface area (Å²) >= 11 is 0. The van der Waals surface area contributed by atoms with Crippen LogP contribution >= 0.6 is 0 Å². The van der Waals surface area contributed by atoms with Gasteiger partial charge in [-0.05, 0) is 52.0 Å². The van der Waals surface area contributed by atoms with Crippen LogP contribution in [0.4, 0.5) is 5.69 Å². The van der Waals surface area contributed by atoms with E-state index in [-0.39, 0.29) is 39.5 Å². The number of aromatic hydroxyl groups is 2. The predicted octanol–water partition coefficient (Wildman–Crippen LogP) is 3.69. The summed E-state index contributed by atoms with van der Waals surface area (Å²) in [5, 5.41) is 24.3. The van der Waals surface area contributed by atoms with Crippen LogP contribution in [0.3, 0.4) is 0 Å². The highest BCUT2D eigenvalue weighted by Gasteiger charge is 2.56. The van der Waals surface area contributed by atoms with Gasteiger partial charge < -0.3 is 25.0 Å². The Morgan fingerprint density at radius 3 is 2.30 bits per heavy atom. The SMILES string of the molecule is COc1ccc(NC(C)=C2C(=O)C=C3Oc4c(C(C)=O)c(O)c(C)c(O)c4[C@@]3(C)C2=O)cc1. The van der Waals surface area contributed by atoms with Crippen LogP contribution in [0, 0.1) is 6.92 Å². The fourth-order valence-electron chi connectivity index (χ4n) is 4.32. The Hall–Kier alpha value is -4.07. The monoisotopic (exact) mass is 449 g/mol. The van der Waals surface area contributed by atoms with Gasteiger partial charge in [-0.25, -0.2) is 0 Å². The third kappa shape index (κ3) is 3.09. The molecule has 33 heavy (non-hydrogen) atoms. The molecular formula is C25H23NO7. The van der Waals surface area contributed by atoms with Crippen molar-refractivity contribution >= 4 is 23.0 Å². The second-order valence-electron chi connectivity index (χ2n) is 8.24. The topological polar surface area (TPSA) is 122 Å². The number of Topliss-reactive ketones (excluding diaryl/α,β-unsaturated/α-hetero) is 2. The number of hydrogen-bond acceptors (Lipinski definition) is 8. The minimum Gasteiger partial charge on any atom is -0.507 e. The number of carbonyl (C=O) groups excluding carboxylic acids is 3. The maximum atomic E-state index is 13.7. The predicted molar refractivity (Wildman–Crippen MR) is 120 cm³/mol. The Kier molecular flexibility index (Phi) is 5.04. The molecule has 1 aliphatic heterocycles. The van der Waals surface area contributed by atoms with Crippen molar-refractivity contribution in [1.82, 2.24) is 0 Å². The molecule has 2 aromatic rings. The van der Waals surface area contributed by atoms with Gasteiger partial charge in [0.2, 0.25) is 0 Å². The maximum Gasteiger partial charge on any atom is 0.194 e. The largest absolute Gasteiger partial charge is 0.507 e. The molecule has 0 amide bonds. The molecule has 4 rings (SSSR count). The average Bonchev–Trinajstić information content (AvgIpc) is 3.05. The zero-order valence-corrected chi connectivity index (χ0v) is 18.8. The van der Waals surface area contributed by atoms with E-state index in [0.717, 1.165) is 0 Å². The molecule has 8 heteroatoms. The number of anilines is 1. The quantitative estimate of drug-likeness (QED) is 0.367. The average molecular weight is 449 g/mol. The van der Waals surface area contributed by atoms with Crippen LogP contribution in [0.25, 0.3) is 0 Å². The molecule has 0 aromatic heterocycles. The third-order valence-electron chi connectivity index (χ3n) is 6.18. The van der Waals surface area contributed by atoms with E-state index in [2.05, 4.69) is 5.32 Å². The zero-order chi connectivity index (χ0) is 24.2. The van der Waals surface area contributed by atoms with Crippen molar-refractivity contribution in [2.24, 2.45) is 0 Å². The molecule has 1 aliphatic carbocycles. The molecule has 0 fully saturated rings. The van der Waals surface area contributed by atoms with Crippen LogP contribution in [-0.4, -0.2) is 34.7 Å². The van der Waals surface area contributed by atoms with E-state index in [0.29, 0.717) is 17.1 Å². The first kappa shape index (κ1) is 22.1. The van der Waals surface area contributed by atoms with Crippen LogP contribution in [0.5, 0.6) is 23.0 Å². The van der Waals surface area contributed by atoms with Crippen LogP contribution < -0.4 is 14.8 Å². The maximum absolute atomic E-state index is 13.7. The molecule has 2 aromatic carbocycles. The van der Waals surface area contributed by atoms with E-state index in [4.69, 9.17) is 9.47 Å². The lowest BCUT2D eigenvalue weighted by atomic mass is 9.70. The standard InChI is InChI=1S/C25H23NO7/c1-11-21(29)19(13(3)27)23-20(22(11)30)25(4)17(33-23)10-16(28)18(24(25)31)12(2)26-14-6-8-15(32-5)9-7-14/h6-10,26,29-30H,1-5H3/t25-/m0/s1. The lowest BCUT2D eigenvalue weighted by Crippen LogP contribution is -2.40. The van der Waals surface area contributed by atoms with Gasteiger partial charge in [0, 0.05) is 23.0 Å². The van der Waals surface area contributed by atoms with E-state index < -0.39 is 28.5 Å². The molecular weight excluding hydrogens is 426 g/mol. The van der Waals surface area contributed by atoms with E-state index in [1.165, 1.54) is 26.8 Å². The lowest BCUT2D eigenvalue weighted by molar-refractivity contribution is -0.123. The van der Waals surface area contributed by atoms with Crippen molar-refractivity contribution < 1.29 is 34.1 Å². The number of benzene rings is 2. The number of ketones is 3. The number of phenolic OH excluding ortho intramolecular Hbond substituents is 2. The summed E-state index contributed by atoms with van der Waals surface area (Å²) in [4.78, 5) is 38.9. The zero-order valence-electron chi connectivity index (χ0n) is 18.8. The Morgan fingerprint density at radius 2 is 1.73 bits per heavy atom. The van der Waals surface area contributed by atoms with Gasteiger partial charge in [0.25, 0.3) is 0 Å².